The molecule has 0 spiro atoms. The number of morpholine rings is 1. The van der Waals surface area contributed by atoms with Gasteiger partial charge in [0.15, 0.2) is 5.69 Å². The van der Waals surface area contributed by atoms with Crippen LogP contribution in [0.4, 0.5) is 0 Å². The number of hydrogen-bond acceptors (Lipinski definition) is 7. The second kappa shape index (κ2) is 11.8. The molecule has 1 atom stereocenters. The van der Waals surface area contributed by atoms with Gasteiger partial charge in [0.25, 0.3) is 5.91 Å². The maximum Gasteiger partial charge on any atom is 0.273 e. The van der Waals surface area contributed by atoms with E-state index < -0.39 is 0 Å². The number of nitrogens with one attached hydrogen (secondary N) is 1. The molecule has 2 aromatic rings. The summed E-state index contributed by atoms with van der Waals surface area (Å²) in [5.41, 5.74) is 1.35. The Morgan fingerprint density at radius 3 is 2.84 bits per heavy atom. The number of aromatic nitrogens is 1. The molecular formula is C23H31ClN4O4. The summed E-state index contributed by atoms with van der Waals surface area (Å²) in [5.74, 6) is 0.280. The number of halogens is 1. The number of ether oxygens (including phenoxy) is 2. The fourth-order valence-corrected chi connectivity index (χ4v) is 4.17. The van der Waals surface area contributed by atoms with Crippen molar-refractivity contribution in [1.82, 2.24) is 20.1 Å². The van der Waals surface area contributed by atoms with Crippen molar-refractivity contribution in [2.45, 2.75) is 32.0 Å². The predicted octanol–water partition coefficient (Wildman–Crippen LogP) is 2.57. The molecule has 0 saturated carbocycles. The Morgan fingerprint density at radius 1 is 1.22 bits per heavy atom. The van der Waals surface area contributed by atoms with E-state index in [4.69, 9.17) is 25.5 Å². The second-order valence-corrected chi connectivity index (χ2v) is 8.63. The fourth-order valence-electron chi connectivity index (χ4n) is 3.97. The smallest absolute Gasteiger partial charge is 0.273 e. The van der Waals surface area contributed by atoms with Crippen molar-refractivity contribution >= 4 is 17.5 Å². The van der Waals surface area contributed by atoms with Crippen molar-refractivity contribution < 1.29 is 18.7 Å². The Hall–Kier alpha value is -1.97. The monoisotopic (exact) mass is 462 g/mol. The van der Waals surface area contributed by atoms with Gasteiger partial charge in [-0.2, -0.15) is 0 Å². The van der Waals surface area contributed by atoms with E-state index in [1.165, 1.54) is 6.26 Å². The van der Waals surface area contributed by atoms with Gasteiger partial charge in [-0.15, -0.1) is 0 Å². The van der Waals surface area contributed by atoms with Crippen LogP contribution in [0.15, 0.2) is 34.9 Å². The van der Waals surface area contributed by atoms with Crippen LogP contribution in [-0.4, -0.2) is 79.3 Å². The molecule has 8 nitrogen and oxygen atoms in total. The van der Waals surface area contributed by atoms with Gasteiger partial charge in [-0.05, 0) is 24.5 Å². The van der Waals surface area contributed by atoms with Gasteiger partial charge in [-0.25, -0.2) is 4.98 Å². The second-order valence-electron chi connectivity index (χ2n) is 8.23. The van der Waals surface area contributed by atoms with Crippen LogP contribution in [0.1, 0.15) is 34.8 Å². The Labute approximate surface area is 193 Å². The fraction of sp³-hybridized carbons (Fsp3) is 0.565. The van der Waals surface area contributed by atoms with Crippen LogP contribution in [0, 0.1) is 0 Å². The Balaban J connectivity index is 1.36. The van der Waals surface area contributed by atoms with E-state index in [9.17, 15) is 4.79 Å². The van der Waals surface area contributed by atoms with E-state index in [2.05, 4.69) is 20.1 Å². The summed E-state index contributed by atoms with van der Waals surface area (Å²) < 4.78 is 16.6. The summed E-state index contributed by atoms with van der Waals surface area (Å²) in [6, 6.07) is 7.85. The molecule has 4 rings (SSSR count). The highest BCUT2D eigenvalue weighted by Gasteiger charge is 2.20. The molecule has 174 valence electrons. The normalized spacial score (nSPS) is 19.5. The Kier molecular flexibility index (Phi) is 8.53. The minimum atomic E-state index is -0.235. The minimum absolute atomic E-state index is 0.0941. The number of carbonyl (C=O) groups is 1. The third kappa shape index (κ3) is 6.76. The summed E-state index contributed by atoms with van der Waals surface area (Å²) in [4.78, 5) is 21.5. The molecule has 32 heavy (non-hydrogen) atoms. The molecule has 2 saturated heterocycles. The lowest BCUT2D eigenvalue weighted by molar-refractivity contribution is 0.0320. The molecule has 2 aliphatic rings. The maximum atomic E-state index is 12.4. The molecule has 1 N–H and O–H groups in total. The van der Waals surface area contributed by atoms with Gasteiger partial charge in [0.2, 0.25) is 5.89 Å². The first-order valence-electron chi connectivity index (χ1n) is 11.3. The number of benzene rings is 1. The summed E-state index contributed by atoms with van der Waals surface area (Å²) in [7, 11) is 0. The van der Waals surface area contributed by atoms with Crippen LogP contribution in [0.25, 0.3) is 0 Å². The van der Waals surface area contributed by atoms with Crippen LogP contribution in [0.2, 0.25) is 5.02 Å². The van der Waals surface area contributed by atoms with Gasteiger partial charge in [0.05, 0.1) is 25.9 Å². The van der Waals surface area contributed by atoms with Gasteiger partial charge in [-0.3, -0.25) is 14.6 Å². The number of carbonyl (C=O) groups excluding carboxylic acids is 1. The highest BCUT2D eigenvalue weighted by molar-refractivity contribution is 6.31. The van der Waals surface area contributed by atoms with Gasteiger partial charge in [0.1, 0.15) is 6.26 Å². The largest absolute Gasteiger partial charge is 0.447 e. The molecule has 1 aromatic heterocycles. The third-order valence-electron chi connectivity index (χ3n) is 5.85. The van der Waals surface area contributed by atoms with Crippen molar-refractivity contribution in [2.75, 3.05) is 52.5 Å². The van der Waals surface area contributed by atoms with E-state index in [0.29, 0.717) is 31.2 Å². The summed E-state index contributed by atoms with van der Waals surface area (Å²) in [6.45, 7) is 7.60. The van der Waals surface area contributed by atoms with Crippen LogP contribution in [0.3, 0.4) is 0 Å². The summed E-state index contributed by atoms with van der Waals surface area (Å²) >= 11 is 6.40. The average Bonchev–Trinajstić information content (AvgIpc) is 3.50. The number of amides is 1. The molecule has 1 aromatic carbocycles. The van der Waals surface area contributed by atoms with Crippen LogP contribution in [0.5, 0.6) is 0 Å². The van der Waals surface area contributed by atoms with E-state index >= 15 is 0 Å². The van der Waals surface area contributed by atoms with Crippen molar-refractivity contribution in [3.8, 4) is 0 Å². The van der Waals surface area contributed by atoms with E-state index in [1.54, 1.807) is 0 Å². The SMILES string of the molecule is O=C(NCC1CCCO1)c1coc(CN(CCN2CCOCC2)Cc2ccccc2Cl)n1. The van der Waals surface area contributed by atoms with Crippen molar-refractivity contribution in [2.24, 2.45) is 0 Å². The lowest BCUT2D eigenvalue weighted by Gasteiger charge is -2.29. The number of rotatable bonds is 10. The quantitative estimate of drug-likeness (QED) is 0.581. The van der Waals surface area contributed by atoms with Crippen LogP contribution >= 0.6 is 11.6 Å². The molecule has 0 bridgehead atoms. The first kappa shape index (κ1) is 23.2. The van der Waals surface area contributed by atoms with Gasteiger partial charge >= 0.3 is 0 Å². The molecule has 1 amide bonds. The first-order valence-corrected chi connectivity index (χ1v) is 11.7. The topological polar surface area (TPSA) is 80.1 Å². The van der Waals surface area contributed by atoms with Gasteiger partial charge in [0, 0.05) is 50.9 Å². The maximum absolute atomic E-state index is 12.4. The van der Waals surface area contributed by atoms with Crippen molar-refractivity contribution in [1.29, 1.82) is 0 Å². The van der Waals surface area contributed by atoms with Gasteiger partial charge < -0.3 is 19.2 Å². The zero-order valence-corrected chi connectivity index (χ0v) is 19.1. The zero-order chi connectivity index (χ0) is 22.2. The first-order chi connectivity index (χ1) is 15.7. The summed E-state index contributed by atoms with van der Waals surface area (Å²) in [6.07, 6.45) is 3.54. The van der Waals surface area contributed by atoms with Crippen LogP contribution < -0.4 is 5.32 Å². The molecule has 0 aliphatic carbocycles. The summed E-state index contributed by atoms with van der Waals surface area (Å²) in [5, 5.41) is 3.63. The van der Waals surface area contributed by atoms with Crippen molar-refractivity contribution in [3.63, 3.8) is 0 Å². The number of hydrogen-bond donors (Lipinski definition) is 1. The number of nitrogens with zero attached hydrogens (tertiary/aromatic N) is 3. The van der Waals surface area contributed by atoms with E-state index in [1.807, 2.05) is 24.3 Å². The highest BCUT2D eigenvalue weighted by Crippen LogP contribution is 2.19. The standard InChI is InChI=1S/C23H31ClN4O4/c24-20-6-2-1-4-18(20)15-28(8-7-27-9-12-30-13-10-27)16-22-26-21(17-32-22)23(29)25-14-19-5-3-11-31-19/h1-2,4,6,17,19H,3,5,7-16H2,(H,25,29). The predicted molar refractivity (Wildman–Crippen MR) is 121 cm³/mol. The van der Waals surface area contributed by atoms with Gasteiger partial charge in [-0.1, -0.05) is 29.8 Å². The molecule has 1 unspecified atom stereocenters. The molecule has 0 radical (unpaired) electrons. The third-order valence-corrected chi connectivity index (χ3v) is 6.21. The average molecular weight is 463 g/mol. The van der Waals surface area contributed by atoms with Crippen LogP contribution in [-0.2, 0) is 22.6 Å². The van der Waals surface area contributed by atoms with E-state index in [-0.39, 0.29) is 12.0 Å². The lowest BCUT2D eigenvalue weighted by Crippen LogP contribution is -2.41. The zero-order valence-electron chi connectivity index (χ0n) is 18.3. The highest BCUT2D eigenvalue weighted by atomic mass is 35.5. The molecule has 2 aliphatic heterocycles. The lowest BCUT2D eigenvalue weighted by atomic mass is 10.2. The Bertz CT molecular complexity index is 865. The minimum Gasteiger partial charge on any atom is -0.447 e. The molecule has 9 heteroatoms. The number of oxazole rings is 1. The van der Waals surface area contributed by atoms with Crippen molar-refractivity contribution in [3.05, 3.63) is 52.7 Å². The Morgan fingerprint density at radius 2 is 2.06 bits per heavy atom. The molecular weight excluding hydrogens is 432 g/mol. The molecule has 3 heterocycles. The van der Waals surface area contributed by atoms with E-state index in [0.717, 1.165) is 69.4 Å². The molecule has 2 fully saturated rings.